The average Bonchev–Trinajstić information content (AvgIpc) is 2.88. The van der Waals surface area contributed by atoms with Crippen molar-refractivity contribution in [2.24, 2.45) is 34.8 Å². The summed E-state index contributed by atoms with van der Waals surface area (Å²) in [6, 6.07) is 5.96. The number of amides is 2. The number of nitrogens with one attached hydrogen (secondary N) is 1. The second-order valence-corrected chi connectivity index (χ2v) is 15.4. The number of carbonyl (C=O) groups is 2. The molecule has 4 bridgehead atoms. The van der Waals surface area contributed by atoms with Crippen LogP contribution >= 0.6 is 34.2 Å². The Kier molecular flexibility index (Phi) is 7.68. The number of primary amides is 1. The molecular weight excluding hydrogens is 609 g/mol. The molecule has 1 saturated heterocycles. The molecule has 0 spiro atoms. The number of nitrogens with two attached hydrogens (primary N) is 1. The minimum absolute atomic E-state index is 0.0525. The molecule has 42 heavy (non-hydrogen) atoms. The first kappa shape index (κ1) is 29.9. The molecule has 3 unspecified atom stereocenters. The molecule has 2 aromatic carbocycles. The monoisotopic (exact) mass is 642 g/mol. The van der Waals surface area contributed by atoms with Gasteiger partial charge in [-0.05, 0) is 96.6 Å². The Bertz CT molecular complexity index is 1410. The van der Waals surface area contributed by atoms with Crippen LogP contribution in [0.25, 0.3) is 11.1 Å². The van der Waals surface area contributed by atoms with Crippen molar-refractivity contribution in [3.63, 3.8) is 0 Å². The Labute approximate surface area is 255 Å². The van der Waals surface area contributed by atoms with E-state index < -0.39 is 28.0 Å². The number of halogens is 4. The van der Waals surface area contributed by atoms with E-state index in [0.29, 0.717) is 24.3 Å². The number of anilines is 1. The van der Waals surface area contributed by atoms with Crippen LogP contribution in [0.2, 0.25) is 10.0 Å². The number of carbonyl (C=O) groups excluding carboxylic acids is 2. The number of hydrogen-bond donors (Lipinski definition) is 4. The first-order valence-electron chi connectivity index (χ1n) is 14.1. The van der Waals surface area contributed by atoms with Gasteiger partial charge in [-0.1, -0.05) is 30.1 Å². The maximum Gasteiger partial charge on any atom is 0.236 e. The van der Waals surface area contributed by atoms with Crippen LogP contribution in [-0.4, -0.2) is 50.9 Å². The lowest BCUT2D eigenvalue weighted by Gasteiger charge is -2.59. The summed E-state index contributed by atoms with van der Waals surface area (Å²) in [7, 11) is -3.71. The first-order chi connectivity index (χ1) is 19.8. The molecule has 5 fully saturated rings. The highest BCUT2D eigenvalue weighted by molar-refractivity contribution is 8.23. The average molecular weight is 644 g/mol. The third-order valence-electron chi connectivity index (χ3n) is 9.59. The number of rotatable bonds is 6. The van der Waals surface area contributed by atoms with E-state index in [1.54, 1.807) is 0 Å². The molecule has 4 saturated carbocycles. The van der Waals surface area contributed by atoms with Gasteiger partial charge in [-0.25, -0.2) is 8.78 Å². The summed E-state index contributed by atoms with van der Waals surface area (Å²) in [6.07, 6.45) is 4.10. The lowest BCUT2D eigenvalue weighted by Crippen LogP contribution is -2.63. The number of hydrogen-bond acceptors (Lipinski definition) is 6. The second-order valence-electron chi connectivity index (χ2n) is 12.6. The SMILES string of the molecule is CC1CN(CC(=O)NC2C3CC4CC2CC(C(N)=O)(C4)C3)S(O)(O)N(c2c(Cl)cc(-c3ccc(F)cc3F)cc2Cl)C1. The van der Waals surface area contributed by atoms with Crippen LogP contribution in [0.5, 0.6) is 0 Å². The largest absolute Gasteiger partial charge is 0.369 e. The predicted molar refractivity (Wildman–Crippen MR) is 160 cm³/mol. The van der Waals surface area contributed by atoms with Gasteiger partial charge in [0.15, 0.2) is 0 Å². The van der Waals surface area contributed by atoms with Gasteiger partial charge in [0.1, 0.15) is 11.6 Å². The molecule has 1 heterocycles. The Hall–Kier alpha value is -2.15. The Balaban J connectivity index is 1.20. The molecule has 7 rings (SSSR count). The molecule has 0 radical (unpaired) electrons. The molecule has 5 N–H and O–H groups in total. The minimum atomic E-state index is -3.71. The van der Waals surface area contributed by atoms with E-state index in [9.17, 15) is 27.5 Å². The minimum Gasteiger partial charge on any atom is -0.369 e. The molecular formula is C29H34Cl2F2N4O4S. The van der Waals surface area contributed by atoms with E-state index in [0.717, 1.165) is 31.4 Å². The van der Waals surface area contributed by atoms with Crippen molar-refractivity contribution in [3.8, 4) is 11.1 Å². The lowest BCUT2D eigenvalue weighted by molar-refractivity contribution is -0.147. The smallest absolute Gasteiger partial charge is 0.236 e. The van der Waals surface area contributed by atoms with Gasteiger partial charge in [-0.2, -0.15) is 4.31 Å². The first-order valence-corrected chi connectivity index (χ1v) is 16.3. The van der Waals surface area contributed by atoms with Gasteiger partial charge >= 0.3 is 0 Å². The molecule has 0 aromatic heterocycles. The third kappa shape index (κ3) is 5.16. The molecule has 13 heteroatoms. The molecule has 228 valence electrons. The molecule has 3 atom stereocenters. The van der Waals surface area contributed by atoms with Crippen LogP contribution in [0.3, 0.4) is 0 Å². The van der Waals surface area contributed by atoms with Gasteiger partial charge in [0.25, 0.3) is 0 Å². The van der Waals surface area contributed by atoms with Gasteiger partial charge in [-0.15, -0.1) is 0 Å². The van der Waals surface area contributed by atoms with Crippen molar-refractivity contribution in [2.75, 3.05) is 23.9 Å². The predicted octanol–water partition coefficient (Wildman–Crippen LogP) is 6.07. The highest BCUT2D eigenvalue weighted by Crippen LogP contribution is 2.60. The maximum atomic E-state index is 14.4. The zero-order chi connectivity index (χ0) is 30.1. The summed E-state index contributed by atoms with van der Waals surface area (Å²) in [5.74, 6) is -1.36. The fourth-order valence-electron chi connectivity index (χ4n) is 8.03. The quantitative estimate of drug-likeness (QED) is 0.303. The van der Waals surface area contributed by atoms with Gasteiger partial charge in [0.05, 0.1) is 22.3 Å². The van der Waals surface area contributed by atoms with Crippen molar-refractivity contribution in [1.82, 2.24) is 9.62 Å². The Morgan fingerprint density at radius 2 is 1.71 bits per heavy atom. The Morgan fingerprint density at radius 3 is 2.31 bits per heavy atom. The van der Waals surface area contributed by atoms with Gasteiger partial charge in [0.2, 0.25) is 11.8 Å². The third-order valence-corrected chi connectivity index (χ3v) is 12.1. The molecule has 5 aliphatic rings. The van der Waals surface area contributed by atoms with Crippen LogP contribution in [0.4, 0.5) is 14.5 Å². The highest BCUT2D eigenvalue weighted by Gasteiger charge is 2.58. The topological polar surface area (TPSA) is 119 Å². The van der Waals surface area contributed by atoms with Crippen molar-refractivity contribution in [3.05, 3.63) is 52.0 Å². The molecule has 8 nitrogen and oxygen atoms in total. The van der Waals surface area contributed by atoms with E-state index >= 15 is 0 Å². The number of benzene rings is 2. The summed E-state index contributed by atoms with van der Waals surface area (Å²) >= 11 is 13.2. The summed E-state index contributed by atoms with van der Waals surface area (Å²) in [5, 5.41) is 3.26. The fraction of sp³-hybridized carbons (Fsp3) is 0.517. The van der Waals surface area contributed by atoms with Crippen molar-refractivity contribution in [1.29, 1.82) is 0 Å². The second kappa shape index (κ2) is 10.8. The summed E-state index contributed by atoms with van der Waals surface area (Å²) in [5.41, 5.74) is 5.88. The van der Waals surface area contributed by atoms with Crippen LogP contribution < -0.4 is 15.4 Å². The van der Waals surface area contributed by atoms with Gasteiger partial charge in [0, 0.05) is 36.2 Å². The lowest BCUT2D eigenvalue weighted by atomic mass is 9.47. The van der Waals surface area contributed by atoms with Crippen LogP contribution in [-0.2, 0) is 9.59 Å². The van der Waals surface area contributed by atoms with E-state index in [1.807, 2.05) is 6.92 Å². The molecule has 2 aromatic rings. The number of nitrogens with zero attached hydrogens (tertiary/aromatic N) is 2. The van der Waals surface area contributed by atoms with Crippen LogP contribution in [0.1, 0.15) is 39.0 Å². The maximum absolute atomic E-state index is 14.4. The van der Waals surface area contributed by atoms with Crippen LogP contribution in [0, 0.1) is 40.7 Å². The van der Waals surface area contributed by atoms with E-state index in [2.05, 4.69) is 5.32 Å². The standard InChI is InChI=1S/C29H34Cl2F2N4O4S/c1-15-12-36(14-25(38)35-26-18-4-16-5-19(26)11-29(9-16,10-18)28(34)39)42(40,41)37(13-15)27-22(30)6-17(7-23(27)31)21-3-2-20(32)8-24(21)33/h2-3,6-8,15-16,18-19,26,40-41H,4-5,9-14H2,1H3,(H2,34,39)(H,35,38). The highest BCUT2D eigenvalue weighted by atomic mass is 35.5. The zero-order valence-electron chi connectivity index (χ0n) is 23.0. The summed E-state index contributed by atoms with van der Waals surface area (Å²) < 4.78 is 53.5. The van der Waals surface area contributed by atoms with Crippen molar-refractivity contribution < 1.29 is 27.5 Å². The van der Waals surface area contributed by atoms with E-state index in [1.165, 1.54) is 26.8 Å². The molecule has 4 aliphatic carbocycles. The van der Waals surface area contributed by atoms with Crippen LogP contribution in [0.15, 0.2) is 30.3 Å². The van der Waals surface area contributed by atoms with E-state index in [4.69, 9.17) is 28.9 Å². The summed E-state index contributed by atoms with van der Waals surface area (Å²) in [4.78, 5) is 25.6. The molecule has 1 aliphatic heterocycles. The van der Waals surface area contributed by atoms with Crippen molar-refractivity contribution in [2.45, 2.75) is 45.1 Å². The normalized spacial score (nSPS) is 32.5. The molecule has 2 amide bonds. The summed E-state index contributed by atoms with van der Waals surface area (Å²) in [6.45, 7) is 2.12. The fourth-order valence-corrected chi connectivity index (χ4v) is 10.7. The van der Waals surface area contributed by atoms with Crippen molar-refractivity contribution >= 4 is 51.7 Å². The van der Waals surface area contributed by atoms with Gasteiger partial charge < -0.3 is 11.1 Å². The van der Waals surface area contributed by atoms with Gasteiger partial charge in [-0.3, -0.25) is 23.0 Å². The van der Waals surface area contributed by atoms with E-state index in [-0.39, 0.29) is 76.5 Å². The zero-order valence-corrected chi connectivity index (χ0v) is 25.4. The Morgan fingerprint density at radius 1 is 1.07 bits per heavy atom.